The van der Waals surface area contributed by atoms with E-state index >= 15 is 0 Å². The minimum Gasteiger partial charge on any atom is -0.382 e. The highest BCUT2D eigenvalue weighted by atomic mass is 16.3. The summed E-state index contributed by atoms with van der Waals surface area (Å²) in [7, 11) is 0. The van der Waals surface area contributed by atoms with Gasteiger partial charge in [0.15, 0.2) is 0 Å². The Kier molecular flexibility index (Phi) is 3.78. The fourth-order valence-electron chi connectivity index (χ4n) is 2.20. The summed E-state index contributed by atoms with van der Waals surface area (Å²) in [5.41, 5.74) is 5.08. The summed E-state index contributed by atoms with van der Waals surface area (Å²) in [6.07, 6.45) is 1.98. The predicted octanol–water partition coefficient (Wildman–Crippen LogP) is 3.34. The molecule has 2 aromatic rings. The summed E-state index contributed by atoms with van der Waals surface area (Å²) >= 11 is 0. The zero-order valence-electron chi connectivity index (χ0n) is 11.1. The molecular formula is C16H19NO. The van der Waals surface area contributed by atoms with Crippen molar-refractivity contribution in [3.05, 3.63) is 64.5 Å². The monoisotopic (exact) mass is 241 g/mol. The van der Waals surface area contributed by atoms with Crippen LogP contribution in [0.4, 0.5) is 0 Å². The van der Waals surface area contributed by atoms with Crippen LogP contribution in [-0.2, 0) is 6.42 Å². The van der Waals surface area contributed by atoms with E-state index in [1.54, 1.807) is 6.20 Å². The lowest BCUT2D eigenvalue weighted by atomic mass is 9.96. The van der Waals surface area contributed by atoms with E-state index < -0.39 is 6.10 Å². The molecule has 2 nitrogen and oxygen atoms in total. The number of hydrogen-bond donors (Lipinski definition) is 1. The van der Waals surface area contributed by atoms with Crippen LogP contribution in [0.25, 0.3) is 0 Å². The van der Waals surface area contributed by atoms with Crippen LogP contribution in [0.3, 0.4) is 0 Å². The minimum absolute atomic E-state index is 0.638. The number of aromatic nitrogens is 1. The van der Waals surface area contributed by atoms with Gasteiger partial charge in [0.25, 0.3) is 0 Å². The van der Waals surface area contributed by atoms with E-state index in [1.165, 1.54) is 0 Å². The lowest BCUT2D eigenvalue weighted by molar-refractivity contribution is 0.213. The number of aliphatic hydroxyl groups excluding tert-OH is 1. The molecule has 18 heavy (non-hydrogen) atoms. The van der Waals surface area contributed by atoms with E-state index in [-0.39, 0.29) is 0 Å². The molecule has 94 valence electrons. The molecule has 1 aromatic heterocycles. The van der Waals surface area contributed by atoms with Crippen LogP contribution in [0.2, 0.25) is 0 Å². The molecule has 0 amide bonds. The van der Waals surface area contributed by atoms with Crippen LogP contribution in [0.5, 0.6) is 0 Å². The van der Waals surface area contributed by atoms with Gasteiger partial charge >= 0.3 is 0 Å². The van der Waals surface area contributed by atoms with Crippen molar-refractivity contribution in [2.24, 2.45) is 0 Å². The summed E-state index contributed by atoms with van der Waals surface area (Å²) in [6.45, 7) is 6.14. The Balaban J connectivity index is 2.47. The van der Waals surface area contributed by atoms with E-state index in [0.717, 1.165) is 34.4 Å². The molecule has 2 heteroatoms. The van der Waals surface area contributed by atoms with E-state index in [9.17, 15) is 5.11 Å². The third-order valence-electron chi connectivity index (χ3n) is 3.30. The minimum atomic E-state index is -0.638. The first-order chi connectivity index (χ1) is 8.63. The number of hydrogen-bond acceptors (Lipinski definition) is 2. The quantitative estimate of drug-likeness (QED) is 0.894. The molecule has 0 radical (unpaired) electrons. The Morgan fingerprint density at radius 1 is 1.22 bits per heavy atom. The third-order valence-corrected chi connectivity index (χ3v) is 3.30. The summed E-state index contributed by atoms with van der Waals surface area (Å²) in [5.74, 6) is 0. The molecule has 1 unspecified atom stereocenters. The summed E-state index contributed by atoms with van der Waals surface area (Å²) in [5, 5.41) is 10.5. The molecule has 1 aromatic carbocycles. The van der Waals surface area contributed by atoms with Crippen molar-refractivity contribution < 1.29 is 5.11 Å². The highest BCUT2D eigenvalue weighted by Gasteiger charge is 2.17. The van der Waals surface area contributed by atoms with Gasteiger partial charge in [0.05, 0.1) is 5.69 Å². The van der Waals surface area contributed by atoms with E-state index in [0.29, 0.717) is 0 Å². The molecule has 0 aliphatic heterocycles. The number of benzene rings is 1. The Morgan fingerprint density at radius 3 is 2.72 bits per heavy atom. The van der Waals surface area contributed by atoms with Crippen LogP contribution < -0.4 is 0 Å². The summed E-state index contributed by atoms with van der Waals surface area (Å²) in [4.78, 5) is 4.35. The number of nitrogens with zero attached hydrogens (tertiary/aromatic N) is 1. The highest BCUT2D eigenvalue weighted by molar-refractivity contribution is 5.38. The van der Waals surface area contributed by atoms with Crippen molar-refractivity contribution in [3.8, 4) is 0 Å². The predicted molar refractivity (Wildman–Crippen MR) is 73.6 cm³/mol. The van der Waals surface area contributed by atoms with Crippen molar-refractivity contribution in [1.29, 1.82) is 0 Å². The van der Waals surface area contributed by atoms with Gasteiger partial charge in [0.2, 0.25) is 0 Å². The zero-order valence-corrected chi connectivity index (χ0v) is 11.1. The molecule has 1 heterocycles. The third kappa shape index (κ3) is 2.44. The van der Waals surface area contributed by atoms with Gasteiger partial charge in [-0.25, -0.2) is 0 Å². The first-order valence-electron chi connectivity index (χ1n) is 6.32. The van der Waals surface area contributed by atoms with Gasteiger partial charge < -0.3 is 5.11 Å². The van der Waals surface area contributed by atoms with Crippen molar-refractivity contribution in [2.45, 2.75) is 33.3 Å². The second-order valence-electron chi connectivity index (χ2n) is 4.66. The first kappa shape index (κ1) is 12.8. The first-order valence-corrected chi connectivity index (χ1v) is 6.32. The Bertz CT molecular complexity index is 549. The number of aliphatic hydroxyl groups is 1. The molecular weight excluding hydrogens is 222 g/mol. The number of pyridine rings is 1. The molecule has 0 aliphatic carbocycles. The van der Waals surface area contributed by atoms with Gasteiger partial charge in [-0.3, -0.25) is 4.98 Å². The van der Waals surface area contributed by atoms with Gasteiger partial charge in [-0.1, -0.05) is 36.8 Å². The van der Waals surface area contributed by atoms with Crippen LogP contribution >= 0.6 is 0 Å². The number of aryl methyl sites for hydroxylation is 3. The molecule has 2 rings (SSSR count). The highest BCUT2D eigenvalue weighted by Crippen LogP contribution is 2.26. The maximum Gasteiger partial charge on any atom is 0.121 e. The van der Waals surface area contributed by atoms with Crippen molar-refractivity contribution in [2.75, 3.05) is 0 Å². The molecule has 1 atom stereocenters. The maximum absolute atomic E-state index is 10.5. The Hall–Kier alpha value is -1.67. The molecule has 0 bridgehead atoms. The van der Waals surface area contributed by atoms with E-state index in [4.69, 9.17) is 0 Å². The van der Waals surface area contributed by atoms with Crippen molar-refractivity contribution in [1.82, 2.24) is 4.98 Å². The lowest BCUT2D eigenvalue weighted by Crippen LogP contribution is -2.07. The van der Waals surface area contributed by atoms with Gasteiger partial charge in [0, 0.05) is 6.20 Å². The largest absolute Gasteiger partial charge is 0.382 e. The Morgan fingerprint density at radius 2 is 2.00 bits per heavy atom. The average Bonchev–Trinajstić information content (AvgIpc) is 2.40. The molecule has 1 N–H and O–H groups in total. The molecule has 0 saturated heterocycles. The second-order valence-corrected chi connectivity index (χ2v) is 4.66. The molecule has 0 fully saturated rings. The Labute approximate surface area is 108 Å². The van der Waals surface area contributed by atoms with Gasteiger partial charge in [0.1, 0.15) is 6.10 Å². The normalized spacial score (nSPS) is 12.4. The van der Waals surface area contributed by atoms with Crippen LogP contribution in [0.15, 0.2) is 36.5 Å². The fourth-order valence-corrected chi connectivity index (χ4v) is 2.20. The average molecular weight is 241 g/mol. The SMILES string of the molecule is CCc1cccnc1C(O)c1cc(C)ccc1C. The number of rotatable bonds is 3. The molecule has 0 aliphatic rings. The van der Waals surface area contributed by atoms with Gasteiger partial charge in [-0.15, -0.1) is 0 Å². The summed E-state index contributed by atoms with van der Waals surface area (Å²) in [6, 6.07) is 10.1. The summed E-state index contributed by atoms with van der Waals surface area (Å²) < 4.78 is 0. The fraction of sp³-hybridized carbons (Fsp3) is 0.312. The molecule has 0 saturated carbocycles. The van der Waals surface area contributed by atoms with E-state index in [1.807, 2.05) is 38.1 Å². The van der Waals surface area contributed by atoms with Gasteiger partial charge in [-0.05, 0) is 43.0 Å². The van der Waals surface area contributed by atoms with Gasteiger partial charge in [-0.2, -0.15) is 0 Å². The van der Waals surface area contributed by atoms with Crippen LogP contribution in [0.1, 0.15) is 41.0 Å². The zero-order chi connectivity index (χ0) is 13.1. The van der Waals surface area contributed by atoms with Crippen molar-refractivity contribution >= 4 is 0 Å². The lowest BCUT2D eigenvalue weighted by Gasteiger charge is -2.16. The van der Waals surface area contributed by atoms with Crippen molar-refractivity contribution in [3.63, 3.8) is 0 Å². The second kappa shape index (κ2) is 5.32. The molecule has 0 spiro atoms. The topological polar surface area (TPSA) is 33.1 Å². The van der Waals surface area contributed by atoms with E-state index in [2.05, 4.69) is 18.0 Å². The smallest absolute Gasteiger partial charge is 0.121 e. The van der Waals surface area contributed by atoms with Crippen LogP contribution in [-0.4, -0.2) is 10.1 Å². The standard InChI is InChI=1S/C16H19NO/c1-4-13-6-5-9-17-15(13)16(18)14-10-11(2)7-8-12(14)3/h5-10,16,18H,4H2,1-3H3. The van der Waals surface area contributed by atoms with Crippen LogP contribution in [0, 0.1) is 13.8 Å². The maximum atomic E-state index is 10.5.